The smallest absolute Gasteiger partial charge is 0.248 e. The first-order valence-corrected chi connectivity index (χ1v) is 7.30. The van der Waals surface area contributed by atoms with Gasteiger partial charge in [0.1, 0.15) is 5.82 Å². The normalized spacial score (nSPS) is 18.0. The zero-order chi connectivity index (χ0) is 12.7. The Hall–Kier alpha value is -1.21. The first-order valence-electron chi connectivity index (χ1n) is 5.40. The molecule has 0 radical (unpaired) electrons. The van der Waals surface area contributed by atoms with Crippen molar-refractivity contribution in [1.82, 2.24) is 9.97 Å². The van der Waals surface area contributed by atoms with Crippen molar-refractivity contribution in [3.8, 4) is 0 Å². The fraction of sp³-hybridized carbons (Fsp3) is 0.600. The molecule has 1 aromatic heterocycles. The van der Waals surface area contributed by atoms with Crippen LogP contribution in [0.15, 0.2) is 11.4 Å². The maximum atomic E-state index is 11.2. The van der Waals surface area contributed by atoms with Gasteiger partial charge in [-0.15, -0.1) is 0 Å². The summed E-state index contributed by atoms with van der Waals surface area (Å²) in [6.45, 7) is 0. The highest BCUT2D eigenvalue weighted by Gasteiger charge is 2.37. The lowest BCUT2D eigenvalue weighted by Crippen LogP contribution is -2.22. The van der Waals surface area contributed by atoms with Crippen LogP contribution < -0.4 is 11.5 Å². The van der Waals surface area contributed by atoms with Gasteiger partial charge in [0.15, 0.2) is 0 Å². The highest BCUT2D eigenvalue weighted by atomic mass is 32.2. The molecule has 94 valence electrons. The number of aryl methyl sites for hydroxylation is 1. The molecular weight excluding hydrogens is 240 g/mol. The van der Waals surface area contributed by atoms with Gasteiger partial charge in [0.05, 0.1) is 0 Å². The van der Waals surface area contributed by atoms with E-state index in [0.717, 1.165) is 31.1 Å². The minimum absolute atomic E-state index is 0.0536. The van der Waals surface area contributed by atoms with Crippen molar-refractivity contribution in [1.29, 1.82) is 0 Å². The molecule has 1 heterocycles. The number of rotatable bonds is 4. The second kappa shape index (κ2) is 3.92. The van der Waals surface area contributed by atoms with Gasteiger partial charge in [-0.2, -0.15) is 0 Å². The summed E-state index contributed by atoms with van der Waals surface area (Å²) in [5, 5.41) is -0.229. The first kappa shape index (κ1) is 12.3. The molecule has 1 aliphatic rings. The van der Waals surface area contributed by atoms with Gasteiger partial charge >= 0.3 is 0 Å². The van der Waals surface area contributed by atoms with Gasteiger partial charge in [-0.1, -0.05) is 0 Å². The van der Waals surface area contributed by atoms with Crippen LogP contribution in [0.25, 0.3) is 0 Å². The fourth-order valence-corrected chi connectivity index (χ4v) is 2.08. The second-order valence-corrected chi connectivity index (χ2v) is 6.61. The Morgan fingerprint density at radius 1 is 1.47 bits per heavy atom. The molecule has 1 fully saturated rings. The molecule has 17 heavy (non-hydrogen) atoms. The van der Waals surface area contributed by atoms with Crippen LogP contribution in [0.4, 0.5) is 5.82 Å². The topological polar surface area (TPSA) is 112 Å². The van der Waals surface area contributed by atoms with E-state index in [4.69, 9.17) is 11.5 Å². The lowest BCUT2D eigenvalue weighted by molar-refractivity contribution is 0.590. The molecule has 0 amide bonds. The maximum absolute atomic E-state index is 11.2. The van der Waals surface area contributed by atoms with Gasteiger partial charge in [0.25, 0.3) is 0 Å². The third-order valence-electron chi connectivity index (χ3n) is 2.99. The van der Waals surface area contributed by atoms with Gasteiger partial charge < -0.3 is 11.5 Å². The number of nitrogen functional groups attached to an aromatic ring is 1. The molecule has 1 aliphatic carbocycles. The van der Waals surface area contributed by atoms with Crippen molar-refractivity contribution in [2.45, 2.75) is 36.4 Å². The van der Waals surface area contributed by atoms with E-state index in [-0.39, 0.29) is 16.5 Å². The SMILES string of the molecule is CS(=O)(=O)c1ncc(CCC2(N)CC2)c(N)n1. The number of nitrogens with two attached hydrogens (primary N) is 2. The largest absolute Gasteiger partial charge is 0.383 e. The van der Waals surface area contributed by atoms with E-state index in [0.29, 0.717) is 6.42 Å². The van der Waals surface area contributed by atoms with Crippen molar-refractivity contribution >= 4 is 15.7 Å². The summed E-state index contributed by atoms with van der Waals surface area (Å²) in [6, 6.07) is 0. The lowest BCUT2D eigenvalue weighted by Gasteiger charge is -2.09. The first-order chi connectivity index (χ1) is 7.80. The molecule has 0 spiro atoms. The van der Waals surface area contributed by atoms with E-state index in [9.17, 15) is 8.42 Å². The van der Waals surface area contributed by atoms with Gasteiger partial charge in [-0.05, 0) is 25.7 Å². The molecule has 0 aromatic carbocycles. The standard InChI is InChI=1S/C10H16N4O2S/c1-17(15,16)9-13-6-7(8(11)14-9)2-3-10(12)4-5-10/h6H,2-5,12H2,1H3,(H2,11,13,14). The van der Waals surface area contributed by atoms with Gasteiger partial charge in [-0.3, -0.25) is 0 Å². The predicted molar refractivity (Wildman–Crippen MR) is 64.0 cm³/mol. The van der Waals surface area contributed by atoms with Crippen LogP contribution in [0.5, 0.6) is 0 Å². The third-order valence-corrected chi connectivity index (χ3v) is 3.85. The van der Waals surface area contributed by atoms with Crippen LogP contribution in [0, 0.1) is 0 Å². The van der Waals surface area contributed by atoms with E-state index in [1.54, 1.807) is 0 Å². The van der Waals surface area contributed by atoms with Crippen LogP contribution in [0.3, 0.4) is 0 Å². The number of sulfone groups is 1. The zero-order valence-electron chi connectivity index (χ0n) is 9.68. The molecule has 0 atom stereocenters. The van der Waals surface area contributed by atoms with E-state index in [1.807, 2.05) is 0 Å². The summed E-state index contributed by atoms with van der Waals surface area (Å²) >= 11 is 0. The summed E-state index contributed by atoms with van der Waals surface area (Å²) in [5.74, 6) is 0.227. The van der Waals surface area contributed by atoms with Crippen LogP contribution in [0.1, 0.15) is 24.8 Å². The predicted octanol–water partition coefficient (Wildman–Crippen LogP) is -0.114. The lowest BCUT2D eigenvalue weighted by atomic mass is 10.1. The summed E-state index contributed by atoms with van der Waals surface area (Å²) in [4.78, 5) is 7.62. The molecule has 0 bridgehead atoms. The van der Waals surface area contributed by atoms with E-state index in [2.05, 4.69) is 9.97 Å². The Balaban J connectivity index is 2.14. The monoisotopic (exact) mass is 256 g/mol. The molecule has 7 heteroatoms. The van der Waals surface area contributed by atoms with Crippen LogP contribution >= 0.6 is 0 Å². The van der Waals surface area contributed by atoms with Gasteiger partial charge in [-0.25, -0.2) is 18.4 Å². The van der Waals surface area contributed by atoms with Crippen LogP contribution in [-0.2, 0) is 16.3 Å². The van der Waals surface area contributed by atoms with Gasteiger partial charge in [0.2, 0.25) is 15.0 Å². The zero-order valence-corrected chi connectivity index (χ0v) is 10.5. The number of hydrogen-bond donors (Lipinski definition) is 2. The van der Waals surface area contributed by atoms with E-state index < -0.39 is 9.84 Å². The molecule has 1 saturated carbocycles. The Morgan fingerprint density at radius 3 is 2.59 bits per heavy atom. The quantitative estimate of drug-likeness (QED) is 0.727. The Kier molecular flexibility index (Phi) is 2.82. The van der Waals surface area contributed by atoms with Crippen molar-refractivity contribution in [2.24, 2.45) is 5.73 Å². The second-order valence-electron chi connectivity index (χ2n) is 4.70. The summed E-state index contributed by atoms with van der Waals surface area (Å²) in [5.41, 5.74) is 12.4. The minimum Gasteiger partial charge on any atom is -0.383 e. The summed E-state index contributed by atoms with van der Waals surface area (Å²) in [6.07, 6.45) is 6.13. The molecule has 4 N–H and O–H groups in total. The molecule has 0 aliphatic heterocycles. The van der Waals surface area contributed by atoms with Crippen molar-refractivity contribution in [2.75, 3.05) is 12.0 Å². The summed E-state index contributed by atoms with van der Waals surface area (Å²) < 4.78 is 22.4. The van der Waals surface area contributed by atoms with Crippen LogP contribution in [0.2, 0.25) is 0 Å². The van der Waals surface area contributed by atoms with Crippen molar-refractivity contribution in [3.05, 3.63) is 11.8 Å². The Bertz CT molecular complexity index is 537. The average molecular weight is 256 g/mol. The van der Waals surface area contributed by atoms with E-state index in [1.165, 1.54) is 6.20 Å². The third kappa shape index (κ3) is 2.92. The highest BCUT2D eigenvalue weighted by Crippen LogP contribution is 2.36. The Labute approximate surface area is 100 Å². The molecule has 0 unspecified atom stereocenters. The number of hydrogen-bond acceptors (Lipinski definition) is 6. The maximum Gasteiger partial charge on any atom is 0.248 e. The highest BCUT2D eigenvalue weighted by molar-refractivity contribution is 7.90. The average Bonchev–Trinajstić information content (AvgIpc) is 2.94. The van der Waals surface area contributed by atoms with Crippen LogP contribution in [-0.4, -0.2) is 30.2 Å². The summed E-state index contributed by atoms with van der Waals surface area (Å²) in [7, 11) is -3.40. The number of nitrogens with zero attached hydrogens (tertiary/aromatic N) is 2. The van der Waals surface area contributed by atoms with Gasteiger partial charge in [0, 0.05) is 23.6 Å². The molecule has 1 aromatic rings. The minimum atomic E-state index is -3.40. The number of aromatic nitrogens is 2. The van der Waals surface area contributed by atoms with Crippen molar-refractivity contribution in [3.63, 3.8) is 0 Å². The molecule has 6 nitrogen and oxygen atoms in total. The van der Waals surface area contributed by atoms with E-state index >= 15 is 0 Å². The fourth-order valence-electron chi connectivity index (χ4n) is 1.57. The molecule has 0 saturated heterocycles. The number of anilines is 1. The molecule has 2 rings (SSSR count). The Morgan fingerprint density at radius 2 is 2.12 bits per heavy atom. The molecular formula is C10H16N4O2S. The van der Waals surface area contributed by atoms with Crippen molar-refractivity contribution < 1.29 is 8.42 Å².